The van der Waals surface area contributed by atoms with Crippen molar-refractivity contribution < 1.29 is 0 Å². The molecule has 14 rings (SSSR count). The molecule has 0 fully saturated rings. The van der Waals surface area contributed by atoms with Crippen LogP contribution >= 0.6 is 0 Å². The van der Waals surface area contributed by atoms with E-state index in [2.05, 4.69) is 126 Å². The standard InChI is InChI=1S/C66H40N6/c1-68-52-30-26-43(27-31-52)60-39-62(72-66(70-60)45-14-6-3-7-15-45)51-19-11-17-47(35-51)49-29-33-56-58(37-49)64-54-21-9-8-20-53(54)63(56)57-36-48(28-32-55(57)64)46-16-10-18-50(34-46)61-38-59(42-24-22-41(40-67)23-25-42)69-65(71-61)44-12-4-2-5-13-44/h2-39,63-64H. The number of hydrogen-bond donors (Lipinski definition) is 0. The highest BCUT2D eigenvalue weighted by Gasteiger charge is 2.41. The number of hydrogen-bond acceptors (Lipinski definition) is 5. The number of nitrogens with zero attached hydrogens (tertiary/aromatic N) is 6. The Labute approximate surface area is 417 Å². The second-order valence-corrected chi connectivity index (χ2v) is 18.3. The van der Waals surface area contributed by atoms with Gasteiger partial charge in [-0.2, -0.15) is 5.26 Å². The van der Waals surface area contributed by atoms with Gasteiger partial charge in [0.05, 0.1) is 41.0 Å². The summed E-state index contributed by atoms with van der Waals surface area (Å²) in [7, 11) is 0. The summed E-state index contributed by atoms with van der Waals surface area (Å²) in [6, 6.07) is 82.1. The van der Waals surface area contributed by atoms with Crippen LogP contribution in [0.2, 0.25) is 0 Å². The Morgan fingerprint density at radius 1 is 0.319 bits per heavy atom. The average Bonchev–Trinajstić information content (AvgIpc) is 3.47. The maximum Gasteiger partial charge on any atom is 0.187 e. The van der Waals surface area contributed by atoms with Crippen LogP contribution in [0.3, 0.4) is 0 Å². The van der Waals surface area contributed by atoms with Gasteiger partial charge >= 0.3 is 0 Å². The lowest BCUT2D eigenvalue weighted by molar-refractivity contribution is 0.755. The van der Waals surface area contributed by atoms with Crippen molar-refractivity contribution in [2.24, 2.45) is 0 Å². The summed E-state index contributed by atoms with van der Waals surface area (Å²) >= 11 is 0. The van der Waals surface area contributed by atoms with Crippen LogP contribution in [0.5, 0.6) is 0 Å². The first-order valence-corrected chi connectivity index (χ1v) is 24.0. The molecule has 0 amide bonds. The zero-order valence-electron chi connectivity index (χ0n) is 38.8. The van der Waals surface area contributed by atoms with Gasteiger partial charge in [-0.25, -0.2) is 24.8 Å². The van der Waals surface area contributed by atoms with Crippen LogP contribution in [0.1, 0.15) is 50.8 Å². The third kappa shape index (κ3) is 7.52. The van der Waals surface area contributed by atoms with Crippen molar-refractivity contribution in [3.8, 4) is 96.1 Å². The van der Waals surface area contributed by atoms with Gasteiger partial charge in [-0.15, -0.1) is 0 Å². The third-order valence-electron chi connectivity index (χ3n) is 14.1. The minimum absolute atomic E-state index is 0.0877. The second-order valence-electron chi connectivity index (χ2n) is 18.3. The van der Waals surface area contributed by atoms with E-state index < -0.39 is 0 Å². The number of aromatic nitrogens is 4. The van der Waals surface area contributed by atoms with Gasteiger partial charge < -0.3 is 0 Å². The highest BCUT2D eigenvalue weighted by Crippen LogP contribution is 2.57. The van der Waals surface area contributed by atoms with E-state index in [0.717, 1.165) is 78.4 Å². The maximum atomic E-state index is 9.46. The summed E-state index contributed by atoms with van der Waals surface area (Å²) in [5.41, 5.74) is 22.9. The Morgan fingerprint density at radius 3 is 1.12 bits per heavy atom. The first kappa shape index (κ1) is 42.2. The van der Waals surface area contributed by atoms with Crippen LogP contribution in [0, 0.1) is 17.9 Å². The molecule has 3 aliphatic carbocycles. The van der Waals surface area contributed by atoms with Gasteiger partial charge in [0.2, 0.25) is 0 Å². The molecule has 2 aromatic heterocycles. The van der Waals surface area contributed by atoms with Crippen LogP contribution in [0.25, 0.3) is 94.9 Å². The van der Waals surface area contributed by atoms with Gasteiger partial charge in [-0.3, -0.25) is 0 Å². The third-order valence-corrected chi connectivity index (χ3v) is 14.1. The first-order chi connectivity index (χ1) is 35.5. The molecule has 11 aromatic rings. The lowest BCUT2D eigenvalue weighted by atomic mass is 9.60. The van der Waals surface area contributed by atoms with Crippen LogP contribution < -0.4 is 0 Å². The van der Waals surface area contributed by atoms with Gasteiger partial charge in [0.25, 0.3) is 0 Å². The van der Waals surface area contributed by atoms with E-state index in [1.54, 1.807) is 0 Å². The molecule has 0 saturated heterocycles. The van der Waals surface area contributed by atoms with Crippen molar-refractivity contribution in [2.45, 2.75) is 11.8 Å². The van der Waals surface area contributed by atoms with Gasteiger partial charge in [0.15, 0.2) is 17.3 Å². The van der Waals surface area contributed by atoms with E-state index in [9.17, 15) is 5.26 Å². The number of rotatable bonds is 8. The maximum absolute atomic E-state index is 9.46. The zero-order valence-corrected chi connectivity index (χ0v) is 38.8. The molecule has 0 saturated carbocycles. The van der Waals surface area contributed by atoms with Gasteiger partial charge in [-0.05, 0) is 110 Å². The summed E-state index contributed by atoms with van der Waals surface area (Å²) in [5.74, 6) is 1.47. The Bertz CT molecular complexity index is 3740. The molecule has 3 aliphatic rings. The van der Waals surface area contributed by atoms with Crippen LogP contribution in [-0.4, -0.2) is 19.9 Å². The number of benzene rings is 9. The normalized spacial score (nSPS) is 13.8. The molecular formula is C66H40N6. The van der Waals surface area contributed by atoms with Crippen molar-refractivity contribution in [3.05, 3.63) is 281 Å². The van der Waals surface area contributed by atoms with Crippen molar-refractivity contribution in [3.63, 3.8) is 0 Å². The van der Waals surface area contributed by atoms with Crippen molar-refractivity contribution in [1.82, 2.24) is 19.9 Å². The Morgan fingerprint density at radius 2 is 0.681 bits per heavy atom. The molecule has 334 valence electrons. The highest BCUT2D eigenvalue weighted by atomic mass is 14.9. The van der Waals surface area contributed by atoms with Crippen LogP contribution in [0.4, 0.5) is 5.69 Å². The summed E-state index contributed by atoms with van der Waals surface area (Å²) < 4.78 is 0. The summed E-state index contributed by atoms with van der Waals surface area (Å²) in [6.45, 7) is 7.45. The lowest BCUT2D eigenvalue weighted by Gasteiger charge is -2.42. The van der Waals surface area contributed by atoms with Crippen molar-refractivity contribution >= 4 is 5.69 Å². The van der Waals surface area contributed by atoms with Gasteiger partial charge in [0.1, 0.15) is 0 Å². The molecule has 72 heavy (non-hydrogen) atoms. The molecule has 6 nitrogen and oxygen atoms in total. The SMILES string of the molecule is [C-]#[N+]c1ccc(-c2cc(-c3cccc(-c4ccc5c(c4)C4c6ccccc6C5c5cc(-c6cccc(-c7cc(-c8ccc(C#N)cc8)nc(-c8ccccc8)n7)c6)ccc54)c3)nc(-c3ccccc3)n2)cc1. The summed E-state index contributed by atoms with van der Waals surface area (Å²) in [5, 5.41) is 9.46. The molecule has 0 spiro atoms. The fourth-order valence-electron chi connectivity index (χ4n) is 10.6. The molecule has 6 heteroatoms. The van der Waals surface area contributed by atoms with E-state index in [0.29, 0.717) is 22.9 Å². The molecule has 9 aromatic carbocycles. The second kappa shape index (κ2) is 17.6. The Balaban J connectivity index is 0.860. The Kier molecular flexibility index (Phi) is 10.3. The number of nitriles is 1. The first-order valence-electron chi connectivity index (χ1n) is 24.0. The van der Waals surface area contributed by atoms with Crippen molar-refractivity contribution in [2.75, 3.05) is 0 Å². The van der Waals surface area contributed by atoms with Crippen LogP contribution in [0.15, 0.2) is 231 Å². The largest absolute Gasteiger partial charge is 0.238 e. The predicted octanol–water partition coefficient (Wildman–Crippen LogP) is 16.0. The van der Waals surface area contributed by atoms with Gasteiger partial charge in [0, 0.05) is 39.7 Å². The highest BCUT2D eigenvalue weighted by molar-refractivity contribution is 5.81. The minimum Gasteiger partial charge on any atom is -0.238 e. The predicted molar refractivity (Wildman–Crippen MR) is 287 cm³/mol. The molecule has 2 heterocycles. The molecule has 0 N–H and O–H groups in total. The average molecular weight is 917 g/mol. The van der Waals surface area contributed by atoms with Gasteiger partial charge in [-0.1, -0.05) is 182 Å². The van der Waals surface area contributed by atoms with E-state index in [4.69, 9.17) is 26.5 Å². The quantitative estimate of drug-likeness (QED) is 0.142. The Hall–Kier alpha value is -9.88. The summed E-state index contributed by atoms with van der Waals surface area (Å²) in [6.07, 6.45) is 0. The molecular weight excluding hydrogens is 877 g/mol. The van der Waals surface area contributed by atoms with E-state index >= 15 is 0 Å². The summed E-state index contributed by atoms with van der Waals surface area (Å²) in [4.78, 5) is 23.9. The molecule has 2 atom stereocenters. The minimum atomic E-state index is 0.0877. The zero-order chi connectivity index (χ0) is 48.1. The topological polar surface area (TPSA) is 79.7 Å². The lowest BCUT2D eigenvalue weighted by Crippen LogP contribution is -2.27. The molecule has 0 aliphatic heterocycles. The molecule has 2 unspecified atom stereocenters. The van der Waals surface area contributed by atoms with E-state index in [-0.39, 0.29) is 11.8 Å². The van der Waals surface area contributed by atoms with E-state index in [1.165, 1.54) is 33.4 Å². The molecule has 0 radical (unpaired) electrons. The van der Waals surface area contributed by atoms with Crippen LogP contribution in [-0.2, 0) is 0 Å². The monoisotopic (exact) mass is 916 g/mol. The van der Waals surface area contributed by atoms with E-state index in [1.807, 2.05) is 115 Å². The fraction of sp³-hybridized carbons (Fsp3) is 0.0303. The smallest absolute Gasteiger partial charge is 0.187 e. The van der Waals surface area contributed by atoms with Crippen molar-refractivity contribution in [1.29, 1.82) is 5.26 Å². The molecule has 2 bridgehead atoms. The fourth-order valence-corrected chi connectivity index (χ4v) is 10.6.